The minimum absolute atomic E-state index is 0.309. The van der Waals surface area contributed by atoms with Crippen LogP contribution in [-0.2, 0) is 0 Å². The summed E-state index contributed by atoms with van der Waals surface area (Å²) in [5, 5.41) is 6.86. The molecule has 25 heavy (non-hydrogen) atoms. The molecule has 0 unspecified atom stereocenters. The summed E-state index contributed by atoms with van der Waals surface area (Å²) < 4.78 is 0. The van der Waals surface area contributed by atoms with E-state index in [1.54, 1.807) is 6.20 Å². The van der Waals surface area contributed by atoms with Crippen LogP contribution in [0.1, 0.15) is 30.3 Å². The number of nitrogens with two attached hydrogens (primary N) is 1. The molecule has 1 aliphatic rings. The summed E-state index contributed by atoms with van der Waals surface area (Å²) in [6.07, 6.45) is 3.72. The van der Waals surface area contributed by atoms with Crippen LogP contribution in [0.4, 0.5) is 11.8 Å². The molecule has 0 aromatic carbocycles. The Hall–Kier alpha value is -3.03. The van der Waals surface area contributed by atoms with Gasteiger partial charge in [-0.05, 0) is 31.9 Å². The van der Waals surface area contributed by atoms with Crippen molar-refractivity contribution in [3.8, 4) is 11.5 Å². The molecule has 0 saturated carbocycles. The highest BCUT2D eigenvalue weighted by Crippen LogP contribution is 2.29. The van der Waals surface area contributed by atoms with Crippen molar-refractivity contribution in [2.45, 2.75) is 25.7 Å². The second-order valence-electron chi connectivity index (χ2n) is 6.25. The van der Waals surface area contributed by atoms with Crippen LogP contribution in [0.15, 0.2) is 30.5 Å². The summed E-state index contributed by atoms with van der Waals surface area (Å²) in [5.74, 6) is 3.16. The van der Waals surface area contributed by atoms with Crippen LogP contribution < -0.4 is 10.6 Å². The smallest absolute Gasteiger partial charge is 0.239 e. The number of pyridine rings is 1. The fourth-order valence-corrected chi connectivity index (χ4v) is 3.18. The summed E-state index contributed by atoms with van der Waals surface area (Å²) in [6.45, 7) is 3.80. The second-order valence-corrected chi connectivity index (χ2v) is 6.25. The number of aromatic nitrogens is 6. The lowest BCUT2D eigenvalue weighted by atomic mass is 9.96. The maximum absolute atomic E-state index is 5.61. The van der Waals surface area contributed by atoms with Crippen molar-refractivity contribution in [1.29, 1.82) is 0 Å². The molecular formula is C17H20N8. The van der Waals surface area contributed by atoms with Crippen molar-refractivity contribution in [2.24, 2.45) is 0 Å². The third kappa shape index (κ3) is 3.28. The Morgan fingerprint density at radius 1 is 1.16 bits per heavy atom. The van der Waals surface area contributed by atoms with Gasteiger partial charge in [0, 0.05) is 37.0 Å². The number of nitrogens with one attached hydrogen (secondary N) is 1. The molecule has 1 aliphatic heterocycles. The maximum atomic E-state index is 5.61. The zero-order valence-electron chi connectivity index (χ0n) is 14.1. The van der Waals surface area contributed by atoms with E-state index in [2.05, 4.69) is 30.0 Å². The molecule has 0 radical (unpaired) electrons. The predicted octanol–water partition coefficient (Wildman–Crippen LogP) is 1.93. The second kappa shape index (κ2) is 6.46. The highest BCUT2D eigenvalue weighted by molar-refractivity contribution is 5.53. The van der Waals surface area contributed by atoms with E-state index in [0.717, 1.165) is 49.0 Å². The number of hydrogen-bond donors (Lipinski definition) is 2. The normalized spacial score (nSPS) is 15.5. The monoisotopic (exact) mass is 336 g/mol. The van der Waals surface area contributed by atoms with Crippen molar-refractivity contribution in [2.75, 3.05) is 23.7 Å². The highest BCUT2D eigenvalue weighted by atomic mass is 15.3. The van der Waals surface area contributed by atoms with E-state index in [0.29, 0.717) is 17.7 Å². The van der Waals surface area contributed by atoms with Gasteiger partial charge in [-0.25, -0.2) is 9.97 Å². The molecule has 3 N–H and O–H groups in total. The van der Waals surface area contributed by atoms with E-state index in [9.17, 15) is 0 Å². The van der Waals surface area contributed by atoms with Crippen molar-refractivity contribution in [3.05, 3.63) is 42.0 Å². The van der Waals surface area contributed by atoms with Gasteiger partial charge in [-0.2, -0.15) is 4.98 Å². The van der Waals surface area contributed by atoms with Crippen LogP contribution in [0.2, 0.25) is 0 Å². The van der Waals surface area contributed by atoms with Crippen molar-refractivity contribution in [3.63, 3.8) is 0 Å². The third-order valence-corrected chi connectivity index (χ3v) is 4.46. The van der Waals surface area contributed by atoms with Gasteiger partial charge in [0.15, 0.2) is 5.82 Å². The van der Waals surface area contributed by atoms with E-state index < -0.39 is 0 Å². The standard InChI is InChI=1S/C17H20N8/c1-11-10-14(21-16(20-11)13-4-2-3-7-19-13)25-8-5-12(6-9-25)15-22-17(18)24-23-15/h2-4,7,10,12H,5-6,8-9H2,1H3,(H3,18,22,23,24). The molecule has 4 heterocycles. The molecule has 8 nitrogen and oxygen atoms in total. The van der Waals surface area contributed by atoms with Crippen LogP contribution in [-0.4, -0.2) is 43.2 Å². The Balaban J connectivity index is 1.52. The van der Waals surface area contributed by atoms with Crippen LogP contribution in [0.25, 0.3) is 11.5 Å². The zero-order valence-corrected chi connectivity index (χ0v) is 14.1. The summed E-state index contributed by atoms with van der Waals surface area (Å²) in [4.78, 5) is 20.2. The van der Waals surface area contributed by atoms with Gasteiger partial charge < -0.3 is 10.6 Å². The molecule has 0 spiro atoms. The van der Waals surface area contributed by atoms with Gasteiger partial charge in [0.2, 0.25) is 5.95 Å². The quantitative estimate of drug-likeness (QED) is 0.752. The average molecular weight is 336 g/mol. The van der Waals surface area contributed by atoms with E-state index in [-0.39, 0.29) is 0 Å². The third-order valence-electron chi connectivity index (χ3n) is 4.46. The lowest BCUT2D eigenvalue weighted by Gasteiger charge is -2.32. The maximum Gasteiger partial charge on any atom is 0.239 e. The van der Waals surface area contributed by atoms with E-state index >= 15 is 0 Å². The highest BCUT2D eigenvalue weighted by Gasteiger charge is 2.24. The van der Waals surface area contributed by atoms with Crippen LogP contribution in [0, 0.1) is 6.92 Å². The summed E-state index contributed by atoms with van der Waals surface area (Å²) >= 11 is 0. The number of anilines is 2. The molecule has 1 saturated heterocycles. The molecule has 0 aliphatic carbocycles. The number of piperidine rings is 1. The minimum Gasteiger partial charge on any atom is -0.367 e. The molecule has 3 aromatic rings. The van der Waals surface area contributed by atoms with Gasteiger partial charge >= 0.3 is 0 Å². The largest absolute Gasteiger partial charge is 0.367 e. The Labute approximate surface area is 145 Å². The van der Waals surface area contributed by atoms with Gasteiger partial charge in [-0.15, -0.1) is 5.10 Å². The molecule has 0 amide bonds. The molecule has 1 fully saturated rings. The molecule has 8 heteroatoms. The van der Waals surface area contributed by atoms with Crippen LogP contribution >= 0.6 is 0 Å². The van der Waals surface area contributed by atoms with Gasteiger partial charge in [0.05, 0.1) is 0 Å². The summed E-state index contributed by atoms with van der Waals surface area (Å²) in [7, 11) is 0. The Morgan fingerprint density at radius 2 is 2.00 bits per heavy atom. The van der Waals surface area contributed by atoms with Gasteiger partial charge in [-0.3, -0.25) is 10.1 Å². The number of aromatic amines is 1. The van der Waals surface area contributed by atoms with Crippen molar-refractivity contribution in [1.82, 2.24) is 30.1 Å². The number of aryl methyl sites for hydroxylation is 1. The molecule has 0 atom stereocenters. The summed E-state index contributed by atoms with van der Waals surface area (Å²) in [5.41, 5.74) is 7.34. The number of hydrogen-bond acceptors (Lipinski definition) is 7. The van der Waals surface area contributed by atoms with Crippen molar-refractivity contribution >= 4 is 11.8 Å². The Bertz CT molecular complexity index is 852. The minimum atomic E-state index is 0.309. The molecule has 3 aromatic heterocycles. The van der Waals surface area contributed by atoms with Gasteiger partial charge in [-0.1, -0.05) is 6.07 Å². The first-order chi connectivity index (χ1) is 12.2. The van der Waals surface area contributed by atoms with Crippen LogP contribution in [0.5, 0.6) is 0 Å². The van der Waals surface area contributed by atoms with Gasteiger partial charge in [0.1, 0.15) is 17.3 Å². The number of nitrogens with zero attached hydrogens (tertiary/aromatic N) is 6. The summed E-state index contributed by atoms with van der Waals surface area (Å²) in [6, 6.07) is 7.79. The SMILES string of the molecule is Cc1cc(N2CCC(c3nc(N)n[nH]3)CC2)nc(-c2ccccn2)n1. The van der Waals surface area contributed by atoms with Crippen LogP contribution in [0.3, 0.4) is 0 Å². The number of H-pyrrole nitrogens is 1. The molecule has 128 valence electrons. The topological polar surface area (TPSA) is 110 Å². The fraction of sp³-hybridized carbons (Fsp3) is 0.353. The first-order valence-corrected chi connectivity index (χ1v) is 8.39. The zero-order chi connectivity index (χ0) is 17.2. The lowest BCUT2D eigenvalue weighted by Crippen LogP contribution is -2.34. The molecule has 0 bridgehead atoms. The Morgan fingerprint density at radius 3 is 2.68 bits per heavy atom. The molecule has 4 rings (SSSR count). The predicted molar refractivity (Wildman–Crippen MR) is 95.0 cm³/mol. The average Bonchev–Trinajstić information content (AvgIpc) is 3.08. The number of nitrogen functional groups attached to an aromatic ring is 1. The van der Waals surface area contributed by atoms with Gasteiger partial charge in [0.25, 0.3) is 0 Å². The van der Waals surface area contributed by atoms with Crippen molar-refractivity contribution < 1.29 is 0 Å². The lowest BCUT2D eigenvalue weighted by molar-refractivity contribution is 0.484. The fourth-order valence-electron chi connectivity index (χ4n) is 3.18. The Kier molecular flexibility index (Phi) is 4.01. The van der Waals surface area contributed by atoms with E-state index in [1.165, 1.54) is 0 Å². The van der Waals surface area contributed by atoms with E-state index in [4.69, 9.17) is 10.7 Å². The van der Waals surface area contributed by atoms with E-state index in [1.807, 2.05) is 31.2 Å². The first kappa shape index (κ1) is 15.5. The first-order valence-electron chi connectivity index (χ1n) is 8.39. The molecular weight excluding hydrogens is 316 g/mol. The number of rotatable bonds is 3.